The van der Waals surface area contributed by atoms with Gasteiger partial charge in [-0.1, -0.05) is 13.0 Å². The van der Waals surface area contributed by atoms with Gasteiger partial charge >= 0.3 is 0 Å². The Balaban J connectivity index is 2.21. The smallest absolute Gasteiger partial charge is 0.131 e. The number of ether oxygens (including phenoxy) is 1. The average Bonchev–Trinajstić information content (AvgIpc) is 2.92. The van der Waals surface area contributed by atoms with E-state index in [-0.39, 0.29) is 11.9 Å². The quantitative estimate of drug-likeness (QED) is 0.606. The third-order valence-electron chi connectivity index (χ3n) is 3.44. The SMILES string of the molecule is CCCn1ccnc1CC(NN)c1ccc(OC)cc1F. The molecular weight excluding hydrogens is 271 g/mol. The van der Waals surface area contributed by atoms with Gasteiger partial charge in [0.2, 0.25) is 0 Å². The summed E-state index contributed by atoms with van der Waals surface area (Å²) < 4.78 is 21.2. The lowest BCUT2D eigenvalue weighted by molar-refractivity contribution is 0.408. The normalized spacial score (nSPS) is 12.4. The lowest BCUT2D eigenvalue weighted by atomic mass is 10.0. The molecule has 21 heavy (non-hydrogen) atoms. The maximum absolute atomic E-state index is 14.1. The summed E-state index contributed by atoms with van der Waals surface area (Å²) in [5.41, 5.74) is 3.17. The Morgan fingerprint density at radius 1 is 1.48 bits per heavy atom. The molecule has 1 aromatic heterocycles. The number of nitrogens with two attached hydrogens (primary N) is 1. The van der Waals surface area contributed by atoms with E-state index in [1.165, 1.54) is 13.2 Å². The van der Waals surface area contributed by atoms with Crippen LogP contribution in [0.1, 0.15) is 30.8 Å². The number of aromatic nitrogens is 2. The molecule has 3 N–H and O–H groups in total. The summed E-state index contributed by atoms with van der Waals surface area (Å²) in [6.07, 6.45) is 5.22. The number of methoxy groups -OCH3 is 1. The monoisotopic (exact) mass is 292 g/mol. The van der Waals surface area contributed by atoms with Gasteiger partial charge in [-0.05, 0) is 12.5 Å². The van der Waals surface area contributed by atoms with Crippen molar-refractivity contribution in [2.24, 2.45) is 5.84 Å². The molecule has 1 aromatic carbocycles. The van der Waals surface area contributed by atoms with Crippen molar-refractivity contribution < 1.29 is 9.13 Å². The number of hydrogen-bond acceptors (Lipinski definition) is 4. The molecule has 6 heteroatoms. The van der Waals surface area contributed by atoms with Gasteiger partial charge < -0.3 is 9.30 Å². The summed E-state index contributed by atoms with van der Waals surface area (Å²) in [6.45, 7) is 2.99. The fraction of sp³-hybridized carbons (Fsp3) is 0.400. The lowest BCUT2D eigenvalue weighted by Gasteiger charge is -2.18. The molecule has 0 saturated carbocycles. The van der Waals surface area contributed by atoms with Crippen LogP contribution in [0.5, 0.6) is 5.75 Å². The highest BCUT2D eigenvalue weighted by Crippen LogP contribution is 2.24. The minimum atomic E-state index is -0.342. The first-order chi connectivity index (χ1) is 10.2. The summed E-state index contributed by atoms with van der Waals surface area (Å²) >= 11 is 0. The molecule has 2 rings (SSSR count). The van der Waals surface area contributed by atoms with E-state index in [1.54, 1.807) is 18.3 Å². The molecule has 0 saturated heterocycles. The van der Waals surface area contributed by atoms with Crippen LogP contribution in [0.3, 0.4) is 0 Å². The third kappa shape index (κ3) is 3.59. The zero-order valence-corrected chi connectivity index (χ0v) is 12.3. The molecule has 0 spiro atoms. The predicted molar refractivity (Wildman–Crippen MR) is 79.2 cm³/mol. The second-order valence-corrected chi connectivity index (χ2v) is 4.85. The van der Waals surface area contributed by atoms with Gasteiger partial charge in [-0.3, -0.25) is 11.3 Å². The number of benzene rings is 1. The Labute approximate surface area is 123 Å². The van der Waals surface area contributed by atoms with Crippen LogP contribution < -0.4 is 16.0 Å². The molecule has 0 aliphatic carbocycles. The van der Waals surface area contributed by atoms with Crippen LogP contribution in [0.25, 0.3) is 0 Å². The number of aryl methyl sites for hydroxylation is 1. The Kier molecular flexibility index (Phi) is 5.30. The Bertz CT molecular complexity index is 585. The van der Waals surface area contributed by atoms with E-state index in [1.807, 2.05) is 6.20 Å². The molecule has 0 fully saturated rings. The molecule has 5 nitrogen and oxygen atoms in total. The van der Waals surface area contributed by atoms with Gasteiger partial charge in [0.25, 0.3) is 0 Å². The molecule has 0 amide bonds. The average molecular weight is 292 g/mol. The van der Waals surface area contributed by atoms with E-state index in [9.17, 15) is 4.39 Å². The molecule has 0 aliphatic heterocycles. The van der Waals surface area contributed by atoms with Gasteiger partial charge in [-0.2, -0.15) is 0 Å². The van der Waals surface area contributed by atoms with Gasteiger partial charge in [0.05, 0.1) is 13.2 Å². The zero-order chi connectivity index (χ0) is 15.2. The van der Waals surface area contributed by atoms with E-state index in [2.05, 4.69) is 21.9 Å². The van der Waals surface area contributed by atoms with E-state index < -0.39 is 0 Å². The van der Waals surface area contributed by atoms with Gasteiger partial charge in [0.15, 0.2) is 0 Å². The molecule has 1 atom stereocenters. The molecule has 1 unspecified atom stereocenters. The van der Waals surface area contributed by atoms with Crippen LogP contribution in [-0.2, 0) is 13.0 Å². The summed E-state index contributed by atoms with van der Waals surface area (Å²) in [5, 5.41) is 0. The topological polar surface area (TPSA) is 65.1 Å². The molecule has 114 valence electrons. The number of rotatable bonds is 7. The fourth-order valence-corrected chi connectivity index (χ4v) is 2.33. The lowest BCUT2D eigenvalue weighted by Crippen LogP contribution is -2.31. The van der Waals surface area contributed by atoms with Gasteiger partial charge in [0.1, 0.15) is 17.4 Å². The van der Waals surface area contributed by atoms with E-state index in [0.717, 1.165) is 18.8 Å². The second kappa shape index (κ2) is 7.19. The van der Waals surface area contributed by atoms with Crippen LogP contribution in [0.15, 0.2) is 30.6 Å². The molecule has 1 heterocycles. The first kappa shape index (κ1) is 15.5. The van der Waals surface area contributed by atoms with E-state index in [4.69, 9.17) is 10.6 Å². The largest absolute Gasteiger partial charge is 0.497 e. The highest BCUT2D eigenvalue weighted by Gasteiger charge is 2.18. The molecular formula is C15H21FN4O. The summed E-state index contributed by atoms with van der Waals surface area (Å²) in [7, 11) is 1.51. The van der Waals surface area contributed by atoms with E-state index >= 15 is 0 Å². The third-order valence-corrected chi connectivity index (χ3v) is 3.44. The Morgan fingerprint density at radius 3 is 2.90 bits per heavy atom. The number of hydrazine groups is 1. The van der Waals surface area contributed by atoms with Crippen LogP contribution in [0.4, 0.5) is 4.39 Å². The molecule has 0 bridgehead atoms. The van der Waals surface area contributed by atoms with Crippen LogP contribution in [-0.4, -0.2) is 16.7 Å². The summed E-state index contributed by atoms with van der Waals surface area (Å²) in [6, 6.07) is 4.43. The van der Waals surface area contributed by atoms with Gasteiger partial charge in [-0.25, -0.2) is 9.37 Å². The fourth-order valence-electron chi connectivity index (χ4n) is 2.33. The number of imidazole rings is 1. The summed E-state index contributed by atoms with van der Waals surface area (Å²) in [4.78, 5) is 4.33. The van der Waals surface area contributed by atoms with Crippen molar-refractivity contribution >= 4 is 0 Å². The first-order valence-electron chi connectivity index (χ1n) is 6.99. The Hall–Kier alpha value is -1.92. The van der Waals surface area contributed by atoms with Crippen molar-refractivity contribution in [1.82, 2.24) is 15.0 Å². The highest BCUT2D eigenvalue weighted by molar-refractivity contribution is 5.31. The van der Waals surface area contributed by atoms with Gasteiger partial charge in [-0.15, -0.1) is 0 Å². The van der Waals surface area contributed by atoms with Crippen molar-refractivity contribution in [2.75, 3.05) is 7.11 Å². The summed E-state index contributed by atoms with van der Waals surface area (Å²) in [5.74, 6) is 6.63. The standard InChI is InChI=1S/C15H21FN4O/c1-3-7-20-8-6-18-15(20)10-14(19-17)12-5-4-11(21-2)9-13(12)16/h4-6,8-9,14,19H,3,7,10,17H2,1-2H3. The first-order valence-corrected chi connectivity index (χ1v) is 6.99. The molecule has 2 aromatic rings. The maximum Gasteiger partial charge on any atom is 0.131 e. The number of nitrogens with zero attached hydrogens (tertiary/aromatic N) is 2. The van der Waals surface area contributed by atoms with Crippen molar-refractivity contribution in [3.05, 3.63) is 47.8 Å². The number of nitrogens with one attached hydrogen (secondary N) is 1. The number of halogens is 1. The van der Waals surface area contributed by atoms with Crippen molar-refractivity contribution in [2.45, 2.75) is 32.4 Å². The van der Waals surface area contributed by atoms with Crippen molar-refractivity contribution in [1.29, 1.82) is 0 Å². The Morgan fingerprint density at radius 2 is 2.29 bits per heavy atom. The maximum atomic E-state index is 14.1. The minimum Gasteiger partial charge on any atom is -0.497 e. The van der Waals surface area contributed by atoms with Crippen molar-refractivity contribution in [3.8, 4) is 5.75 Å². The van der Waals surface area contributed by atoms with Crippen molar-refractivity contribution in [3.63, 3.8) is 0 Å². The van der Waals surface area contributed by atoms with Gasteiger partial charge in [0, 0.05) is 37.0 Å². The highest BCUT2D eigenvalue weighted by atomic mass is 19.1. The number of hydrogen-bond donors (Lipinski definition) is 2. The molecule has 0 radical (unpaired) electrons. The minimum absolute atomic E-state index is 0.339. The zero-order valence-electron chi connectivity index (χ0n) is 12.3. The second-order valence-electron chi connectivity index (χ2n) is 4.85. The van der Waals surface area contributed by atoms with Crippen LogP contribution >= 0.6 is 0 Å². The molecule has 0 aliphatic rings. The van der Waals surface area contributed by atoms with E-state index in [0.29, 0.717) is 17.7 Å². The predicted octanol–water partition coefficient (Wildman–Crippen LogP) is 2.19. The van der Waals surface area contributed by atoms with Crippen LogP contribution in [0.2, 0.25) is 0 Å². The van der Waals surface area contributed by atoms with Crippen LogP contribution in [0, 0.1) is 5.82 Å².